The smallest absolute Gasteiger partial charge is 0.0964 e. The molecule has 0 amide bonds. The van der Waals surface area contributed by atoms with Gasteiger partial charge in [-0.05, 0) is 19.4 Å². The number of nitrogens with two attached hydrogens (primary N) is 1. The highest BCUT2D eigenvalue weighted by atomic mass is 15.0. The Morgan fingerprint density at radius 2 is 2.38 bits per heavy atom. The molecule has 0 saturated heterocycles. The molecule has 0 aromatic carbocycles. The highest BCUT2D eigenvalue weighted by Crippen LogP contribution is 2.00. The second-order valence-electron chi connectivity index (χ2n) is 1.91. The molecule has 0 unspecified atom stereocenters. The van der Waals surface area contributed by atoms with E-state index in [0.717, 1.165) is 17.9 Å². The molecule has 0 saturated carbocycles. The first-order valence-electron chi connectivity index (χ1n) is 2.68. The van der Waals surface area contributed by atoms with Gasteiger partial charge in [0.2, 0.25) is 0 Å². The maximum atomic E-state index is 5.43. The Bertz CT molecular complexity index is 129. The fraction of sp³-hybridized carbons (Fsp3) is 0.333. The van der Waals surface area contributed by atoms with Gasteiger partial charge in [-0.25, -0.2) is 0 Å². The summed E-state index contributed by atoms with van der Waals surface area (Å²) in [4.78, 5) is 0. The summed E-state index contributed by atoms with van der Waals surface area (Å²) in [7, 11) is 0. The van der Waals surface area contributed by atoms with Crippen molar-refractivity contribution < 1.29 is 0 Å². The Morgan fingerprint density at radius 1 is 1.62 bits per heavy atom. The van der Waals surface area contributed by atoms with Crippen LogP contribution in [0.3, 0.4) is 0 Å². The Hall–Kier alpha value is -0.920. The zero-order valence-electron chi connectivity index (χ0n) is 4.94. The first kappa shape index (κ1) is 5.22. The summed E-state index contributed by atoms with van der Waals surface area (Å²) in [5, 5.41) is 2.98. The molecule has 1 aliphatic rings. The minimum Gasteiger partial charge on any atom is -0.386 e. The normalized spacial score (nSPS) is 18.6. The molecule has 1 heterocycles. The van der Waals surface area contributed by atoms with Crippen LogP contribution in [0.2, 0.25) is 0 Å². The van der Waals surface area contributed by atoms with E-state index in [1.54, 1.807) is 0 Å². The van der Waals surface area contributed by atoms with Crippen molar-refractivity contribution in [1.29, 1.82) is 0 Å². The third kappa shape index (κ3) is 1.03. The molecule has 2 nitrogen and oxygen atoms in total. The van der Waals surface area contributed by atoms with Crippen LogP contribution in [0.15, 0.2) is 23.7 Å². The molecular formula is C6H10N2. The summed E-state index contributed by atoms with van der Waals surface area (Å²) in [6.45, 7) is 2.00. The summed E-state index contributed by atoms with van der Waals surface area (Å²) >= 11 is 0. The van der Waals surface area contributed by atoms with E-state index in [9.17, 15) is 0 Å². The molecular weight excluding hydrogens is 100 g/mol. The summed E-state index contributed by atoms with van der Waals surface area (Å²) in [6, 6.07) is 0. The molecule has 0 aromatic heterocycles. The van der Waals surface area contributed by atoms with Gasteiger partial charge in [-0.1, -0.05) is 6.08 Å². The van der Waals surface area contributed by atoms with Crippen molar-refractivity contribution in [2.75, 3.05) is 0 Å². The van der Waals surface area contributed by atoms with Gasteiger partial charge in [-0.2, -0.15) is 0 Å². The molecule has 0 fully saturated rings. The minimum atomic E-state index is 0.769. The van der Waals surface area contributed by atoms with Crippen molar-refractivity contribution >= 4 is 0 Å². The van der Waals surface area contributed by atoms with Crippen LogP contribution in [0, 0.1) is 0 Å². The van der Waals surface area contributed by atoms with Gasteiger partial charge in [-0.3, -0.25) is 0 Å². The van der Waals surface area contributed by atoms with E-state index in [-0.39, 0.29) is 0 Å². The van der Waals surface area contributed by atoms with Crippen LogP contribution in [-0.4, -0.2) is 0 Å². The van der Waals surface area contributed by atoms with Gasteiger partial charge in [0.1, 0.15) is 0 Å². The van der Waals surface area contributed by atoms with Crippen LogP contribution < -0.4 is 11.1 Å². The Kier molecular flexibility index (Phi) is 1.24. The first-order valence-corrected chi connectivity index (χ1v) is 2.68. The van der Waals surface area contributed by atoms with Gasteiger partial charge in [-0.15, -0.1) is 0 Å². The standard InChI is InChI=1S/C6H10N2/c1-5-3-2-4-6(7)8-5/h3-4,8H,2,7H2,1H3. The van der Waals surface area contributed by atoms with Crippen molar-refractivity contribution in [3.63, 3.8) is 0 Å². The molecule has 2 heteroatoms. The SMILES string of the molecule is CC1=CCC=C(N)N1. The Morgan fingerprint density at radius 3 is 2.75 bits per heavy atom. The van der Waals surface area contributed by atoms with Crippen LogP contribution in [0.25, 0.3) is 0 Å². The van der Waals surface area contributed by atoms with Crippen LogP contribution in [0.5, 0.6) is 0 Å². The van der Waals surface area contributed by atoms with E-state index in [2.05, 4.69) is 11.4 Å². The van der Waals surface area contributed by atoms with Gasteiger partial charge >= 0.3 is 0 Å². The highest BCUT2D eigenvalue weighted by molar-refractivity contribution is 5.14. The van der Waals surface area contributed by atoms with Crippen LogP contribution in [-0.2, 0) is 0 Å². The zero-order chi connectivity index (χ0) is 5.98. The fourth-order valence-electron chi connectivity index (χ4n) is 0.692. The lowest BCUT2D eigenvalue weighted by Gasteiger charge is -2.09. The lowest BCUT2D eigenvalue weighted by Crippen LogP contribution is -2.19. The van der Waals surface area contributed by atoms with Crippen molar-refractivity contribution in [1.82, 2.24) is 5.32 Å². The average Bonchev–Trinajstić information content (AvgIpc) is 1.64. The zero-order valence-corrected chi connectivity index (χ0v) is 4.94. The van der Waals surface area contributed by atoms with Crippen LogP contribution >= 0.6 is 0 Å². The minimum absolute atomic E-state index is 0.769. The van der Waals surface area contributed by atoms with Crippen molar-refractivity contribution in [3.8, 4) is 0 Å². The third-order valence-corrected chi connectivity index (χ3v) is 1.10. The van der Waals surface area contributed by atoms with Gasteiger partial charge in [0.05, 0.1) is 5.82 Å². The van der Waals surface area contributed by atoms with E-state index < -0.39 is 0 Å². The second kappa shape index (κ2) is 1.90. The van der Waals surface area contributed by atoms with E-state index in [0.29, 0.717) is 0 Å². The second-order valence-corrected chi connectivity index (χ2v) is 1.91. The van der Waals surface area contributed by atoms with Gasteiger partial charge in [0.15, 0.2) is 0 Å². The number of hydrogen-bond acceptors (Lipinski definition) is 2. The molecule has 0 radical (unpaired) electrons. The predicted molar refractivity (Wildman–Crippen MR) is 33.8 cm³/mol. The number of hydrogen-bond donors (Lipinski definition) is 2. The van der Waals surface area contributed by atoms with E-state index in [4.69, 9.17) is 5.73 Å². The van der Waals surface area contributed by atoms with Gasteiger partial charge in [0, 0.05) is 5.70 Å². The molecule has 44 valence electrons. The average molecular weight is 110 g/mol. The molecule has 1 rings (SSSR count). The lowest BCUT2D eigenvalue weighted by molar-refractivity contribution is 0.900. The molecule has 1 aliphatic heterocycles. The van der Waals surface area contributed by atoms with Crippen molar-refractivity contribution in [3.05, 3.63) is 23.7 Å². The third-order valence-electron chi connectivity index (χ3n) is 1.10. The molecule has 8 heavy (non-hydrogen) atoms. The van der Waals surface area contributed by atoms with E-state index >= 15 is 0 Å². The van der Waals surface area contributed by atoms with Gasteiger partial charge in [0.25, 0.3) is 0 Å². The van der Waals surface area contributed by atoms with Crippen molar-refractivity contribution in [2.45, 2.75) is 13.3 Å². The predicted octanol–water partition coefficient (Wildman–Crippen LogP) is 0.684. The molecule has 0 aromatic rings. The molecule has 0 aliphatic carbocycles. The monoisotopic (exact) mass is 110 g/mol. The quantitative estimate of drug-likeness (QED) is 0.481. The maximum absolute atomic E-state index is 5.43. The lowest BCUT2D eigenvalue weighted by atomic mass is 10.2. The number of nitrogens with one attached hydrogen (secondary N) is 1. The number of rotatable bonds is 0. The highest BCUT2D eigenvalue weighted by Gasteiger charge is 1.93. The summed E-state index contributed by atoms with van der Waals surface area (Å²) in [5.74, 6) is 0.769. The van der Waals surface area contributed by atoms with Crippen LogP contribution in [0.4, 0.5) is 0 Å². The Balaban J connectivity index is 2.57. The van der Waals surface area contributed by atoms with Crippen LogP contribution in [0.1, 0.15) is 13.3 Å². The largest absolute Gasteiger partial charge is 0.386 e. The number of allylic oxidation sites excluding steroid dienone is 3. The summed E-state index contributed by atoms with van der Waals surface area (Å²) < 4.78 is 0. The maximum Gasteiger partial charge on any atom is 0.0964 e. The summed E-state index contributed by atoms with van der Waals surface area (Å²) in [6.07, 6.45) is 5.01. The topological polar surface area (TPSA) is 38.0 Å². The Labute approximate surface area is 49.1 Å². The van der Waals surface area contributed by atoms with E-state index in [1.165, 1.54) is 0 Å². The molecule has 0 atom stereocenters. The summed E-state index contributed by atoms with van der Waals surface area (Å²) in [5.41, 5.74) is 6.58. The first-order chi connectivity index (χ1) is 3.79. The molecule has 0 spiro atoms. The van der Waals surface area contributed by atoms with E-state index in [1.807, 2.05) is 13.0 Å². The van der Waals surface area contributed by atoms with Crippen molar-refractivity contribution in [2.24, 2.45) is 5.73 Å². The molecule has 0 bridgehead atoms. The number of dihydropyridines is 1. The van der Waals surface area contributed by atoms with Gasteiger partial charge < -0.3 is 11.1 Å². The molecule has 3 N–H and O–H groups in total. The fourth-order valence-corrected chi connectivity index (χ4v) is 0.692.